The number of rotatable bonds is 4. The Balaban J connectivity index is 1.51. The monoisotopic (exact) mass is 364 g/mol. The summed E-state index contributed by atoms with van der Waals surface area (Å²) in [6, 6.07) is 9.68. The molecule has 3 heterocycles. The molecule has 0 spiro atoms. The highest BCUT2D eigenvalue weighted by molar-refractivity contribution is 5.95. The third kappa shape index (κ3) is 3.49. The first-order valence-corrected chi connectivity index (χ1v) is 9.34. The highest BCUT2D eigenvalue weighted by Gasteiger charge is 2.29. The minimum absolute atomic E-state index is 0.108. The van der Waals surface area contributed by atoms with E-state index in [0.29, 0.717) is 13.1 Å². The Bertz CT molecular complexity index is 930. The molecular formula is C20H24N6O. The molecule has 1 fully saturated rings. The quantitative estimate of drug-likeness (QED) is 0.713. The number of amides is 1. The number of nitrogens with zero attached hydrogens (tertiary/aromatic N) is 6. The van der Waals surface area contributed by atoms with E-state index in [0.717, 1.165) is 42.2 Å². The average molecular weight is 364 g/mol. The summed E-state index contributed by atoms with van der Waals surface area (Å²) in [4.78, 5) is 14.9. The largest absolute Gasteiger partial charge is 0.338 e. The molecule has 4 rings (SSSR count). The van der Waals surface area contributed by atoms with Crippen molar-refractivity contribution in [3.8, 4) is 0 Å². The molecule has 7 nitrogen and oxygen atoms in total. The van der Waals surface area contributed by atoms with Crippen LogP contribution < -0.4 is 0 Å². The van der Waals surface area contributed by atoms with Gasteiger partial charge in [-0.15, -0.1) is 10.2 Å². The zero-order chi connectivity index (χ0) is 18.8. The first kappa shape index (κ1) is 17.5. The molecule has 3 aromatic rings. The molecule has 27 heavy (non-hydrogen) atoms. The number of piperidine rings is 1. The number of carbonyl (C=O) groups is 1. The summed E-state index contributed by atoms with van der Waals surface area (Å²) >= 11 is 0. The molecule has 1 atom stereocenters. The lowest BCUT2D eigenvalue weighted by atomic mass is 9.96. The summed E-state index contributed by atoms with van der Waals surface area (Å²) in [7, 11) is 2.00. The Labute approximate surface area is 158 Å². The molecule has 0 saturated carbocycles. The maximum Gasteiger partial charge on any atom is 0.254 e. The number of benzene rings is 1. The maximum absolute atomic E-state index is 13.0. The van der Waals surface area contributed by atoms with Gasteiger partial charge in [0, 0.05) is 44.0 Å². The van der Waals surface area contributed by atoms with Gasteiger partial charge in [0.1, 0.15) is 12.4 Å². The van der Waals surface area contributed by atoms with Crippen LogP contribution >= 0.6 is 0 Å². The second-order valence-corrected chi connectivity index (χ2v) is 7.14. The molecule has 1 saturated heterocycles. The lowest BCUT2D eigenvalue weighted by molar-refractivity contribution is 0.0702. The zero-order valence-electron chi connectivity index (χ0n) is 15.7. The van der Waals surface area contributed by atoms with Crippen LogP contribution in [0.15, 0.2) is 42.7 Å². The van der Waals surface area contributed by atoms with E-state index in [2.05, 4.69) is 15.3 Å². The van der Waals surface area contributed by atoms with Gasteiger partial charge in [-0.3, -0.25) is 9.48 Å². The molecule has 0 aliphatic carbocycles. The molecular weight excluding hydrogens is 340 g/mol. The lowest BCUT2D eigenvalue weighted by Gasteiger charge is -2.32. The minimum Gasteiger partial charge on any atom is -0.338 e. The molecule has 2 aromatic heterocycles. The number of likely N-dealkylation sites (tertiary alicyclic amines) is 1. The van der Waals surface area contributed by atoms with E-state index in [-0.39, 0.29) is 11.8 Å². The highest BCUT2D eigenvalue weighted by atomic mass is 16.2. The Morgan fingerprint density at radius 3 is 2.85 bits per heavy atom. The van der Waals surface area contributed by atoms with Gasteiger partial charge in [-0.2, -0.15) is 5.10 Å². The van der Waals surface area contributed by atoms with Gasteiger partial charge < -0.3 is 9.47 Å². The Hall–Kier alpha value is -2.96. The summed E-state index contributed by atoms with van der Waals surface area (Å²) < 4.78 is 3.89. The predicted molar refractivity (Wildman–Crippen MR) is 101 cm³/mol. The fourth-order valence-electron chi connectivity index (χ4n) is 3.76. The SMILES string of the molecule is Cc1ccccc1C(=O)N1CCC[C@@H](c2nnc(Cn3cccn3)n2C)C1. The minimum atomic E-state index is 0.108. The molecule has 7 heteroatoms. The van der Waals surface area contributed by atoms with Gasteiger partial charge in [-0.1, -0.05) is 18.2 Å². The Morgan fingerprint density at radius 2 is 2.07 bits per heavy atom. The molecule has 0 N–H and O–H groups in total. The number of aryl methyl sites for hydroxylation is 1. The van der Waals surface area contributed by atoms with Crippen molar-refractivity contribution in [3.63, 3.8) is 0 Å². The Kier molecular flexibility index (Phi) is 4.75. The summed E-state index contributed by atoms with van der Waals surface area (Å²) in [5, 5.41) is 13.0. The number of carbonyl (C=O) groups excluding carboxylic acids is 1. The molecule has 140 valence electrons. The second-order valence-electron chi connectivity index (χ2n) is 7.14. The van der Waals surface area contributed by atoms with Gasteiger partial charge in [-0.25, -0.2) is 0 Å². The number of hydrogen-bond acceptors (Lipinski definition) is 4. The fraction of sp³-hybridized carbons (Fsp3) is 0.400. The van der Waals surface area contributed by atoms with Gasteiger partial charge in [0.25, 0.3) is 5.91 Å². The van der Waals surface area contributed by atoms with Crippen molar-refractivity contribution in [3.05, 3.63) is 65.5 Å². The van der Waals surface area contributed by atoms with E-state index in [1.165, 1.54) is 0 Å². The van der Waals surface area contributed by atoms with Crippen molar-refractivity contribution in [1.82, 2.24) is 29.4 Å². The van der Waals surface area contributed by atoms with Crippen LogP contribution in [0.2, 0.25) is 0 Å². The molecule has 0 radical (unpaired) electrons. The van der Waals surface area contributed by atoms with Gasteiger partial charge in [-0.05, 0) is 37.5 Å². The smallest absolute Gasteiger partial charge is 0.254 e. The Morgan fingerprint density at radius 1 is 1.22 bits per heavy atom. The third-order valence-corrected chi connectivity index (χ3v) is 5.31. The topological polar surface area (TPSA) is 68.8 Å². The molecule has 1 aliphatic rings. The van der Waals surface area contributed by atoms with Gasteiger partial charge >= 0.3 is 0 Å². The van der Waals surface area contributed by atoms with Gasteiger partial charge in [0.2, 0.25) is 0 Å². The van der Waals surface area contributed by atoms with Crippen LogP contribution in [0.4, 0.5) is 0 Å². The number of hydrogen-bond donors (Lipinski definition) is 0. The van der Waals surface area contributed by atoms with E-state index < -0.39 is 0 Å². The molecule has 1 amide bonds. The standard InChI is InChI=1S/C20H24N6O/c1-15-7-3-4-9-17(15)20(27)25-11-5-8-16(13-25)19-23-22-18(24(19)2)14-26-12-6-10-21-26/h3-4,6-7,9-10,12,16H,5,8,11,13-14H2,1-2H3/t16-/m1/s1. The van der Waals surface area contributed by atoms with Crippen LogP contribution in [0.25, 0.3) is 0 Å². The van der Waals surface area contributed by atoms with Crippen LogP contribution in [-0.4, -0.2) is 48.4 Å². The van der Waals surface area contributed by atoms with Crippen LogP contribution in [-0.2, 0) is 13.6 Å². The molecule has 0 bridgehead atoms. The molecule has 0 unspecified atom stereocenters. The lowest BCUT2D eigenvalue weighted by Crippen LogP contribution is -2.40. The molecule has 1 aromatic carbocycles. The van der Waals surface area contributed by atoms with Crippen molar-refractivity contribution in [2.75, 3.05) is 13.1 Å². The normalized spacial score (nSPS) is 17.3. The third-order valence-electron chi connectivity index (χ3n) is 5.31. The van der Waals surface area contributed by atoms with Gasteiger partial charge in [0.15, 0.2) is 5.82 Å². The van der Waals surface area contributed by atoms with Crippen LogP contribution in [0, 0.1) is 6.92 Å². The van der Waals surface area contributed by atoms with Gasteiger partial charge in [0.05, 0.1) is 0 Å². The summed E-state index contributed by atoms with van der Waals surface area (Å²) in [5.74, 6) is 2.13. The predicted octanol–water partition coefficient (Wildman–Crippen LogP) is 2.39. The van der Waals surface area contributed by atoms with Crippen molar-refractivity contribution in [2.24, 2.45) is 7.05 Å². The number of aromatic nitrogens is 5. The zero-order valence-corrected chi connectivity index (χ0v) is 15.7. The molecule has 1 aliphatic heterocycles. The van der Waals surface area contributed by atoms with E-state index in [9.17, 15) is 4.79 Å². The van der Waals surface area contributed by atoms with Crippen LogP contribution in [0.5, 0.6) is 0 Å². The van der Waals surface area contributed by atoms with E-state index in [1.54, 1.807) is 6.20 Å². The maximum atomic E-state index is 13.0. The van der Waals surface area contributed by atoms with E-state index >= 15 is 0 Å². The summed E-state index contributed by atoms with van der Waals surface area (Å²) in [6.45, 7) is 4.05. The van der Waals surface area contributed by atoms with Crippen molar-refractivity contribution in [2.45, 2.75) is 32.2 Å². The fourth-order valence-corrected chi connectivity index (χ4v) is 3.76. The first-order chi connectivity index (χ1) is 13.1. The summed E-state index contributed by atoms with van der Waals surface area (Å²) in [6.07, 6.45) is 5.67. The van der Waals surface area contributed by atoms with Crippen LogP contribution in [0.3, 0.4) is 0 Å². The summed E-state index contributed by atoms with van der Waals surface area (Å²) in [5.41, 5.74) is 1.81. The van der Waals surface area contributed by atoms with Crippen molar-refractivity contribution < 1.29 is 4.79 Å². The van der Waals surface area contributed by atoms with Crippen LogP contribution in [0.1, 0.15) is 46.3 Å². The highest BCUT2D eigenvalue weighted by Crippen LogP contribution is 2.27. The first-order valence-electron chi connectivity index (χ1n) is 9.34. The average Bonchev–Trinajstić information content (AvgIpc) is 3.32. The second kappa shape index (κ2) is 7.34. The van der Waals surface area contributed by atoms with Crippen molar-refractivity contribution in [1.29, 1.82) is 0 Å². The van der Waals surface area contributed by atoms with E-state index in [1.807, 2.05) is 64.6 Å². The van der Waals surface area contributed by atoms with E-state index in [4.69, 9.17) is 0 Å². The van der Waals surface area contributed by atoms with Crippen molar-refractivity contribution >= 4 is 5.91 Å².